The van der Waals surface area contributed by atoms with Gasteiger partial charge < -0.3 is 15.2 Å². The van der Waals surface area contributed by atoms with E-state index in [1.54, 1.807) is 11.1 Å². The molecule has 138 valence electrons. The van der Waals surface area contributed by atoms with Crippen molar-refractivity contribution in [1.82, 2.24) is 15.2 Å². The molecule has 0 unspecified atom stereocenters. The number of H-pyrrole nitrogens is 1. The summed E-state index contributed by atoms with van der Waals surface area (Å²) in [6.45, 7) is 1.50. The lowest BCUT2D eigenvalue weighted by molar-refractivity contribution is -0.128. The number of aromatic nitrogens is 1. The van der Waals surface area contributed by atoms with Crippen molar-refractivity contribution in [3.05, 3.63) is 70.9 Å². The number of carbonyl (C=O) groups excluding carboxylic acids is 2. The molecule has 4 rings (SSSR count). The first-order valence-electron chi connectivity index (χ1n) is 8.99. The van der Waals surface area contributed by atoms with Gasteiger partial charge >= 0.3 is 0 Å². The van der Waals surface area contributed by atoms with E-state index in [2.05, 4.69) is 10.3 Å². The Bertz CT molecular complexity index is 975. The molecule has 1 aromatic heterocycles. The normalized spacial score (nSPS) is 14.2. The highest BCUT2D eigenvalue weighted by Crippen LogP contribution is 2.24. The summed E-state index contributed by atoms with van der Waals surface area (Å²) in [6, 6.07) is 15.3. The standard InChI is InChI=1S/C21H20ClN3O2/c22-16-7-5-14(6-8-16)9-10-23-20(26)15-12-25(13-15)21(27)18-11-24-19-4-2-1-3-17(18)19/h1-8,11,15,24H,9-10,12-13H2,(H,23,26). The number of nitrogens with one attached hydrogen (secondary N) is 2. The number of benzene rings is 2. The van der Waals surface area contributed by atoms with E-state index >= 15 is 0 Å². The summed E-state index contributed by atoms with van der Waals surface area (Å²) < 4.78 is 0. The maximum atomic E-state index is 12.7. The first-order chi connectivity index (χ1) is 13.1. The average Bonchev–Trinajstić information content (AvgIpc) is 3.06. The molecule has 0 saturated carbocycles. The maximum Gasteiger partial charge on any atom is 0.256 e. The van der Waals surface area contributed by atoms with Crippen molar-refractivity contribution in [3.8, 4) is 0 Å². The van der Waals surface area contributed by atoms with Crippen LogP contribution in [0.4, 0.5) is 0 Å². The van der Waals surface area contributed by atoms with Crippen LogP contribution >= 0.6 is 11.6 Å². The van der Waals surface area contributed by atoms with Crippen LogP contribution in [-0.2, 0) is 11.2 Å². The number of rotatable bonds is 5. The predicted molar refractivity (Wildman–Crippen MR) is 106 cm³/mol. The summed E-state index contributed by atoms with van der Waals surface area (Å²) in [5.41, 5.74) is 2.73. The quantitative estimate of drug-likeness (QED) is 0.712. The van der Waals surface area contributed by atoms with Gasteiger partial charge in [-0.05, 0) is 30.2 Å². The van der Waals surface area contributed by atoms with Gasteiger partial charge in [0.25, 0.3) is 5.91 Å². The maximum absolute atomic E-state index is 12.7. The molecule has 0 spiro atoms. The summed E-state index contributed by atoms with van der Waals surface area (Å²) in [5, 5.41) is 4.58. The number of nitrogens with zero attached hydrogens (tertiary/aromatic N) is 1. The third-order valence-corrected chi connectivity index (χ3v) is 5.24. The number of likely N-dealkylation sites (tertiary alicyclic amines) is 1. The van der Waals surface area contributed by atoms with Crippen molar-refractivity contribution in [2.75, 3.05) is 19.6 Å². The highest BCUT2D eigenvalue weighted by atomic mass is 35.5. The zero-order valence-corrected chi connectivity index (χ0v) is 15.5. The lowest BCUT2D eigenvalue weighted by Gasteiger charge is -2.38. The summed E-state index contributed by atoms with van der Waals surface area (Å²) in [7, 11) is 0. The topological polar surface area (TPSA) is 65.2 Å². The molecule has 2 heterocycles. The van der Waals surface area contributed by atoms with Crippen LogP contribution < -0.4 is 5.32 Å². The summed E-state index contributed by atoms with van der Waals surface area (Å²) in [6.07, 6.45) is 2.50. The minimum absolute atomic E-state index is 0.00643. The largest absolute Gasteiger partial charge is 0.360 e. The fourth-order valence-corrected chi connectivity index (χ4v) is 3.48. The van der Waals surface area contributed by atoms with Gasteiger partial charge in [0, 0.05) is 41.8 Å². The number of carbonyl (C=O) groups is 2. The molecule has 0 aliphatic carbocycles. The second kappa shape index (κ2) is 7.45. The van der Waals surface area contributed by atoms with E-state index in [-0.39, 0.29) is 17.7 Å². The molecular weight excluding hydrogens is 362 g/mol. The summed E-state index contributed by atoms with van der Waals surface area (Å²) >= 11 is 5.87. The number of aromatic amines is 1. The van der Waals surface area contributed by atoms with Gasteiger partial charge in [-0.1, -0.05) is 41.9 Å². The Kier molecular flexibility index (Phi) is 4.86. The Hall–Kier alpha value is -2.79. The van der Waals surface area contributed by atoms with E-state index in [4.69, 9.17) is 11.6 Å². The van der Waals surface area contributed by atoms with Crippen LogP contribution in [0.5, 0.6) is 0 Å². The number of para-hydroxylation sites is 1. The molecule has 0 radical (unpaired) electrons. The molecular formula is C21H20ClN3O2. The Morgan fingerprint density at radius 1 is 1.11 bits per heavy atom. The monoisotopic (exact) mass is 381 g/mol. The minimum Gasteiger partial charge on any atom is -0.360 e. The van der Waals surface area contributed by atoms with E-state index in [1.807, 2.05) is 48.5 Å². The number of hydrogen-bond acceptors (Lipinski definition) is 2. The highest BCUT2D eigenvalue weighted by Gasteiger charge is 2.36. The number of halogens is 1. The van der Waals surface area contributed by atoms with E-state index < -0.39 is 0 Å². The van der Waals surface area contributed by atoms with Crippen LogP contribution in [0.3, 0.4) is 0 Å². The molecule has 1 aliphatic rings. The van der Waals surface area contributed by atoms with Gasteiger partial charge in [0.15, 0.2) is 0 Å². The van der Waals surface area contributed by atoms with Crippen LogP contribution in [-0.4, -0.2) is 41.3 Å². The zero-order chi connectivity index (χ0) is 18.8. The van der Waals surface area contributed by atoms with Crippen LogP contribution in [0.2, 0.25) is 5.02 Å². The molecule has 2 N–H and O–H groups in total. The molecule has 3 aromatic rings. The van der Waals surface area contributed by atoms with Gasteiger partial charge in [0.05, 0.1) is 11.5 Å². The van der Waals surface area contributed by atoms with Gasteiger partial charge in [-0.3, -0.25) is 9.59 Å². The highest BCUT2D eigenvalue weighted by molar-refractivity contribution is 6.30. The second-order valence-electron chi connectivity index (χ2n) is 6.82. The molecule has 2 aromatic carbocycles. The molecule has 27 heavy (non-hydrogen) atoms. The molecule has 1 fully saturated rings. The van der Waals surface area contributed by atoms with E-state index in [9.17, 15) is 9.59 Å². The number of amides is 2. The van der Waals surface area contributed by atoms with Gasteiger partial charge in [0.1, 0.15) is 0 Å². The van der Waals surface area contributed by atoms with Crippen molar-refractivity contribution < 1.29 is 9.59 Å². The van der Waals surface area contributed by atoms with Crippen LogP contribution in [0, 0.1) is 5.92 Å². The molecule has 1 saturated heterocycles. The average molecular weight is 382 g/mol. The van der Waals surface area contributed by atoms with Gasteiger partial charge in [0.2, 0.25) is 5.91 Å². The molecule has 1 aliphatic heterocycles. The molecule has 0 atom stereocenters. The number of hydrogen-bond donors (Lipinski definition) is 2. The summed E-state index contributed by atoms with van der Waals surface area (Å²) in [5.74, 6) is -0.158. The molecule has 5 nitrogen and oxygen atoms in total. The third-order valence-electron chi connectivity index (χ3n) is 4.99. The zero-order valence-electron chi connectivity index (χ0n) is 14.7. The van der Waals surface area contributed by atoms with Crippen molar-refractivity contribution in [3.63, 3.8) is 0 Å². The third kappa shape index (κ3) is 3.69. The summed E-state index contributed by atoms with van der Waals surface area (Å²) in [4.78, 5) is 29.8. The van der Waals surface area contributed by atoms with E-state index in [1.165, 1.54) is 0 Å². The van der Waals surface area contributed by atoms with Crippen molar-refractivity contribution >= 4 is 34.3 Å². The lowest BCUT2D eigenvalue weighted by Crippen LogP contribution is -2.55. The van der Waals surface area contributed by atoms with Crippen LogP contribution in [0.1, 0.15) is 15.9 Å². The Morgan fingerprint density at radius 3 is 2.63 bits per heavy atom. The Labute approximate surface area is 162 Å². The van der Waals surface area contributed by atoms with Gasteiger partial charge in [-0.2, -0.15) is 0 Å². The smallest absolute Gasteiger partial charge is 0.256 e. The van der Waals surface area contributed by atoms with Gasteiger partial charge in [-0.25, -0.2) is 0 Å². The SMILES string of the molecule is O=C(NCCc1ccc(Cl)cc1)C1CN(C(=O)c2c[nH]c3ccccc23)C1. The van der Waals surface area contributed by atoms with Crippen molar-refractivity contribution in [2.45, 2.75) is 6.42 Å². The van der Waals surface area contributed by atoms with E-state index in [0.29, 0.717) is 30.2 Å². The molecule has 6 heteroatoms. The second-order valence-corrected chi connectivity index (χ2v) is 7.26. The fraction of sp³-hybridized carbons (Fsp3) is 0.238. The first kappa shape index (κ1) is 17.6. The van der Waals surface area contributed by atoms with Crippen molar-refractivity contribution in [2.24, 2.45) is 5.92 Å². The Balaban J connectivity index is 1.26. The Morgan fingerprint density at radius 2 is 1.85 bits per heavy atom. The van der Waals surface area contributed by atoms with E-state index in [0.717, 1.165) is 22.9 Å². The number of fused-ring (bicyclic) bond motifs is 1. The molecule has 0 bridgehead atoms. The van der Waals surface area contributed by atoms with Crippen molar-refractivity contribution in [1.29, 1.82) is 0 Å². The minimum atomic E-state index is -0.135. The fourth-order valence-electron chi connectivity index (χ4n) is 3.35. The first-order valence-corrected chi connectivity index (χ1v) is 9.37. The molecule has 2 amide bonds. The van der Waals surface area contributed by atoms with Gasteiger partial charge in [-0.15, -0.1) is 0 Å². The predicted octanol–water partition coefficient (Wildman–Crippen LogP) is 3.25. The van der Waals surface area contributed by atoms with Crippen LogP contribution in [0.15, 0.2) is 54.7 Å². The lowest BCUT2D eigenvalue weighted by atomic mass is 9.97. The van der Waals surface area contributed by atoms with Crippen LogP contribution in [0.25, 0.3) is 10.9 Å².